The van der Waals surface area contributed by atoms with Crippen LogP contribution in [0.15, 0.2) is 36.4 Å². The first-order chi connectivity index (χ1) is 19.2. The second-order valence-electron chi connectivity index (χ2n) is 8.79. The van der Waals surface area contributed by atoms with Gasteiger partial charge in [0.25, 0.3) is 11.8 Å². The molecule has 3 amide bonds. The van der Waals surface area contributed by atoms with E-state index in [0.717, 1.165) is 45.4 Å². The van der Waals surface area contributed by atoms with Crippen LogP contribution in [0.4, 0.5) is 0 Å². The van der Waals surface area contributed by atoms with Gasteiger partial charge in [-0.05, 0) is 70.1 Å². The Kier molecular flexibility index (Phi) is 16.9. The molecule has 0 bridgehead atoms. The van der Waals surface area contributed by atoms with E-state index in [2.05, 4.69) is 26.6 Å². The molecular formula is C27H41N5O8. The fourth-order valence-electron chi connectivity index (χ4n) is 3.24. The van der Waals surface area contributed by atoms with Gasteiger partial charge in [-0.25, -0.2) is 0 Å². The van der Waals surface area contributed by atoms with Gasteiger partial charge in [-0.2, -0.15) is 0 Å². The second kappa shape index (κ2) is 19.9. The molecule has 0 radical (unpaired) electrons. The van der Waals surface area contributed by atoms with Crippen LogP contribution in [0.5, 0.6) is 23.0 Å². The first-order valence-corrected chi connectivity index (χ1v) is 13.0. The highest BCUT2D eigenvalue weighted by Gasteiger charge is 2.14. The Morgan fingerprint density at radius 2 is 1.23 bits per heavy atom. The number of para-hydroxylation sites is 2. The standard InChI is InChI=1S/C17H28N4O4.C10H13NO4/c22-13-20-12-11-19-8-2-1-7-18-9-4-10-21-17(25)14-5-3-6-15(23)16(14)24;1-6(12)5-11-10(15)7-3-2-4-8(13)9(7)14/h3,5-6,13,18-19,23-24H,1-2,4,7-12H2,(H,20,22)(H,21,25);2-4,6,12-14H,5H2,1H3,(H,11,15). The molecule has 0 aliphatic carbocycles. The van der Waals surface area contributed by atoms with Crippen molar-refractivity contribution >= 4 is 18.2 Å². The molecule has 10 N–H and O–H groups in total. The number of aliphatic hydroxyl groups is 1. The van der Waals surface area contributed by atoms with Crippen molar-refractivity contribution in [2.75, 3.05) is 45.8 Å². The number of hydrogen-bond donors (Lipinski definition) is 10. The van der Waals surface area contributed by atoms with E-state index in [9.17, 15) is 29.7 Å². The molecule has 2 aromatic carbocycles. The van der Waals surface area contributed by atoms with Gasteiger partial charge >= 0.3 is 0 Å². The maximum atomic E-state index is 11.9. The number of unbranched alkanes of at least 4 members (excludes halogenated alkanes) is 1. The zero-order valence-electron chi connectivity index (χ0n) is 22.7. The van der Waals surface area contributed by atoms with E-state index in [0.29, 0.717) is 19.5 Å². The van der Waals surface area contributed by atoms with Gasteiger partial charge in [0.1, 0.15) is 0 Å². The average Bonchev–Trinajstić information content (AvgIpc) is 2.93. The minimum atomic E-state index is -0.659. The van der Waals surface area contributed by atoms with Crippen molar-refractivity contribution in [2.45, 2.75) is 32.3 Å². The minimum absolute atomic E-state index is 0.0179. The van der Waals surface area contributed by atoms with E-state index < -0.39 is 29.4 Å². The van der Waals surface area contributed by atoms with Crippen LogP contribution in [0, 0.1) is 0 Å². The summed E-state index contributed by atoms with van der Waals surface area (Å²) in [6.07, 6.45) is 2.93. The number of aromatic hydroxyl groups is 4. The lowest BCUT2D eigenvalue weighted by Crippen LogP contribution is -2.30. The van der Waals surface area contributed by atoms with Gasteiger partial charge in [-0.1, -0.05) is 12.1 Å². The Morgan fingerprint density at radius 1 is 0.725 bits per heavy atom. The number of carbonyl (C=O) groups excluding carboxylic acids is 3. The summed E-state index contributed by atoms with van der Waals surface area (Å²) in [5, 5.41) is 60.7. The predicted octanol–water partition coefficient (Wildman–Crippen LogP) is 0.132. The van der Waals surface area contributed by atoms with E-state index in [4.69, 9.17) is 10.2 Å². The summed E-state index contributed by atoms with van der Waals surface area (Å²) >= 11 is 0. The van der Waals surface area contributed by atoms with Crippen molar-refractivity contribution in [1.82, 2.24) is 26.6 Å². The van der Waals surface area contributed by atoms with Crippen LogP contribution in [-0.2, 0) is 4.79 Å². The van der Waals surface area contributed by atoms with Gasteiger partial charge in [0.15, 0.2) is 23.0 Å². The Bertz CT molecular complexity index is 1050. The van der Waals surface area contributed by atoms with Gasteiger partial charge in [-0.3, -0.25) is 14.4 Å². The highest BCUT2D eigenvalue weighted by molar-refractivity contribution is 5.98. The summed E-state index contributed by atoms with van der Waals surface area (Å²) < 4.78 is 0. The van der Waals surface area contributed by atoms with Gasteiger partial charge in [-0.15, -0.1) is 0 Å². The van der Waals surface area contributed by atoms with E-state index >= 15 is 0 Å². The van der Waals surface area contributed by atoms with E-state index in [1.807, 2.05) is 0 Å². The van der Waals surface area contributed by atoms with Crippen LogP contribution < -0.4 is 26.6 Å². The molecule has 2 aromatic rings. The SMILES string of the molecule is CC(O)CNC(=O)c1cccc(O)c1O.O=CNCCNCCCCNCCCNC(=O)c1cccc(O)c1O. The molecule has 0 spiro atoms. The van der Waals surface area contributed by atoms with Crippen molar-refractivity contribution in [3.05, 3.63) is 47.5 Å². The van der Waals surface area contributed by atoms with E-state index in [1.165, 1.54) is 43.3 Å². The number of nitrogens with one attached hydrogen (secondary N) is 5. The maximum absolute atomic E-state index is 11.9. The highest BCUT2D eigenvalue weighted by Crippen LogP contribution is 2.28. The fraction of sp³-hybridized carbons (Fsp3) is 0.444. The number of phenolic OH excluding ortho intramolecular Hbond substituents is 4. The maximum Gasteiger partial charge on any atom is 0.255 e. The lowest BCUT2D eigenvalue weighted by Gasteiger charge is -2.08. The lowest BCUT2D eigenvalue weighted by atomic mass is 10.1. The third kappa shape index (κ3) is 13.6. The van der Waals surface area contributed by atoms with Crippen molar-refractivity contribution in [3.8, 4) is 23.0 Å². The number of aliphatic hydroxyl groups excluding tert-OH is 1. The summed E-state index contributed by atoms with van der Waals surface area (Å²) in [4.78, 5) is 33.3. The number of carbonyl (C=O) groups is 3. The zero-order chi connectivity index (χ0) is 29.8. The minimum Gasteiger partial charge on any atom is -0.504 e. The lowest BCUT2D eigenvalue weighted by molar-refractivity contribution is -0.109. The molecule has 0 fully saturated rings. The largest absolute Gasteiger partial charge is 0.504 e. The molecule has 1 unspecified atom stereocenters. The fourth-order valence-corrected chi connectivity index (χ4v) is 3.24. The Morgan fingerprint density at radius 3 is 1.75 bits per heavy atom. The Balaban J connectivity index is 0.000000453. The van der Waals surface area contributed by atoms with Gasteiger partial charge in [0, 0.05) is 26.2 Å². The first kappa shape index (κ1) is 34.0. The van der Waals surface area contributed by atoms with Crippen LogP contribution >= 0.6 is 0 Å². The molecule has 13 heteroatoms. The van der Waals surface area contributed by atoms with E-state index in [1.54, 1.807) is 0 Å². The molecule has 0 saturated carbocycles. The number of amides is 3. The van der Waals surface area contributed by atoms with Crippen molar-refractivity contribution in [1.29, 1.82) is 0 Å². The summed E-state index contributed by atoms with van der Waals surface area (Å²) in [5.41, 5.74) is 0.0550. The number of benzene rings is 2. The molecule has 0 aliphatic rings. The number of phenols is 4. The monoisotopic (exact) mass is 563 g/mol. The molecule has 2 rings (SSSR count). The van der Waals surface area contributed by atoms with Crippen LogP contribution in [0.2, 0.25) is 0 Å². The van der Waals surface area contributed by atoms with Crippen molar-refractivity contribution < 1.29 is 39.9 Å². The molecule has 222 valence electrons. The van der Waals surface area contributed by atoms with Crippen LogP contribution in [-0.4, -0.2) is 95.7 Å². The molecule has 0 aromatic heterocycles. The van der Waals surface area contributed by atoms with Gasteiger partial charge in [0.2, 0.25) is 6.41 Å². The van der Waals surface area contributed by atoms with Crippen LogP contribution in [0.1, 0.15) is 46.9 Å². The molecular weight excluding hydrogens is 522 g/mol. The molecule has 0 aliphatic heterocycles. The highest BCUT2D eigenvalue weighted by atomic mass is 16.3. The smallest absolute Gasteiger partial charge is 0.255 e. The third-order valence-electron chi connectivity index (χ3n) is 5.38. The Hall–Kier alpha value is -4.07. The molecule has 1 atom stereocenters. The van der Waals surface area contributed by atoms with Crippen molar-refractivity contribution in [2.24, 2.45) is 0 Å². The zero-order valence-corrected chi connectivity index (χ0v) is 22.7. The second-order valence-corrected chi connectivity index (χ2v) is 8.79. The third-order valence-corrected chi connectivity index (χ3v) is 5.38. The van der Waals surface area contributed by atoms with E-state index in [-0.39, 0.29) is 29.2 Å². The number of rotatable bonds is 17. The summed E-state index contributed by atoms with van der Waals surface area (Å²) in [7, 11) is 0. The van der Waals surface area contributed by atoms with Gasteiger partial charge in [0.05, 0.1) is 17.2 Å². The molecule has 0 saturated heterocycles. The quantitative estimate of drug-likeness (QED) is 0.0714. The summed E-state index contributed by atoms with van der Waals surface area (Å²) in [5.74, 6) is -2.44. The molecule has 0 heterocycles. The first-order valence-electron chi connectivity index (χ1n) is 13.0. The average molecular weight is 564 g/mol. The topological polar surface area (TPSA) is 213 Å². The Labute approximate surface area is 233 Å². The normalized spacial score (nSPS) is 11.1. The van der Waals surface area contributed by atoms with Gasteiger partial charge < -0.3 is 52.1 Å². The summed E-state index contributed by atoms with van der Waals surface area (Å²) in [6, 6.07) is 8.41. The van der Waals surface area contributed by atoms with Crippen LogP contribution in [0.3, 0.4) is 0 Å². The summed E-state index contributed by atoms with van der Waals surface area (Å²) in [6.45, 7) is 6.17. The predicted molar refractivity (Wildman–Crippen MR) is 150 cm³/mol. The van der Waals surface area contributed by atoms with Crippen molar-refractivity contribution in [3.63, 3.8) is 0 Å². The molecule has 13 nitrogen and oxygen atoms in total. The molecule has 40 heavy (non-hydrogen) atoms. The number of hydrogen-bond acceptors (Lipinski definition) is 10. The van der Waals surface area contributed by atoms with Crippen LogP contribution in [0.25, 0.3) is 0 Å².